The molecule has 0 radical (unpaired) electrons. The van der Waals surface area contributed by atoms with Gasteiger partial charge in [0.05, 0.1) is 23.8 Å². The molecular formula is C20H19BrN2O6S. The maximum atomic E-state index is 12.4. The largest absolute Gasteiger partial charge is 0.505 e. The highest BCUT2D eigenvalue weighted by atomic mass is 79.9. The predicted octanol–water partition coefficient (Wildman–Crippen LogP) is 3.71. The molecule has 8 nitrogen and oxygen atoms in total. The summed E-state index contributed by atoms with van der Waals surface area (Å²) >= 11 is 3.26. The monoisotopic (exact) mass is 494 g/mol. The number of sulfonamides is 1. The number of hydrogen-bond acceptors (Lipinski definition) is 7. The molecule has 1 aliphatic heterocycles. The molecule has 2 aromatic rings. The van der Waals surface area contributed by atoms with Crippen LogP contribution in [0.1, 0.15) is 25.4 Å². The minimum atomic E-state index is -3.69. The lowest BCUT2D eigenvalue weighted by molar-refractivity contribution is -0.138. The van der Waals surface area contributed by atoms with E-state index in [2.05, 4.69) is 25.6 Å². The van der Waals surface area contributed by atoms with E-state index in [4.69, 9.17) is 9.15 Å². The number of carbonyl (C=O) groups excluding carboxylic acids is 1. The van der Waals surface area contributed by atoms with Crippen molar-refractivity contribution in [2.45, 2.75) is 25.3 Å². The van der Waals surface area contributed by atoms with Gasteiger partial charge in [0.1, 0.15) is 22.8 Å². The van der Waals surface area contributed by atoms with E-state index in [1.54, 1.807) is 38.1 Å². The second-order valence-electron chi connectivity index (χ2n) is 6.25. The van der Waals surface area contributed by atoms with Gasteiger partial charge in [0.15, 0.2) is 5.76 Å². The van der Waals surface area contributed by atoms with Crippen LogP contribution in [0.25, 0.3) is 6.08 Å². The van der Waals surface area contributed by atoms with E-state index in [0.717, 1.165) is 4.47 Å². The fraction of sp³-hybridized carbons (Fsp3) is 0.200. The average molecular weight is 495 g/mol. The Balaban J connectivity index is 1.72. The third-order valence-electron chi connectivity index (χ3n) is 4.13. The van der Waals surface area contributed by atoms with Crippen LogP contribution in [0.2, 0.25) is 0 Å². The number of ether oxygens (including phenoxy) is 1. The quantitative estimate of drug-likeness (QED) is 0.566. The first-order valence-corrected chi connectivity index (χ1v) is 11.2. The molecule has 0 aliphatic carbocycles. The van der Waals surface area contributed by atoms with E-state index >= 15 is 0 Å². The van der Waals surface area contributed by atoms with Crippen LogP contribution in [0, 0.1) is 0 Å². The molecule has 158 valence electrons. The summed E-state index contributed by atoms with van der Waals surface area (Å²) in [5, 5.41) is 10.3. The molecule has 0 fully saturated rings. The smallest absolute Gasteiger partial charge is 0.343 e. The fourth-order valence-electron chi connectivity index (χ4n) is 2.70. The van der Waals surface area contributed by atoms with Crippen molar-refractivity contribution in [1.82, 2.24) is 4.72 Å². The summed E-state index contributed by atoms with van der Waals surface area (Å²) < 4.78 is 38.5. The molecule has 0 atom stereocenters. The van der Waals surface area contributed by atoms with Crippen LogP contribution in [0.5, 0.6) is 0 Å². The van der Waals surface area contributed by atoms with Crippen molar-refractivity contribution in [3.05, 3.63) is 69.4 Å². The molecule has 1 aromatic heterocycles. The highest BCUT2D eigenvalue weighted by Gasteiger charge is 2.27. The van der Waals surface area contributed by atoms with Crippen molar-refractivity contribution in [3.63, 3.8) is 0 Å². The first-order chi connectivity index (χ1) is 14.2. The number of furan rings is 1. The van der Waals surface area contributed by atoms with Crippen molar-refractivity contribution in [3.8, 4) is 0 Å². The van der Waals surface area contributed by atoms with E-state index in [-0.39, 0.29) is 35.1 Å². The number of hydrogen-bond donors (Lipinski definition) is 2. The Morgan fingerprint density at radius 1 is 1.27 bits per heavy atom. The number of aliphatic imine (C=N–C) groups is 1. The second kappa shape index (κ2) is 8.99. The van der Waals surface area contributed by atoms with Crippen LogP contribution in [-0.2, 0) is 26.1 Å². The van der Waals surface area contributed by atoms with Gasteiger partial charge in [0.2, 0.25) is 10.0 Å². The summed E-state index contributed by atoms with van der Waals surface area (Å²) in [4.78, 5) is 16.2. The number of halogens is 1. The second-order valence-corrected chi connectivity index (χ2v) is 8.94. The first kappa shape index (κ1) is 22.0. The fourth-order valence-corrected chi connectivity index (χ4v) is 3.96. The standard InChI is InChI=1S/C20H19BrN2O6S/c1-3-28-20(25)18-12(2)23-17(19(18)24)10-14-6-7-15(29-14)11-22-30(26,27)16-8-4-13(21)5-9-16/h4-10,22,24H,3,11H2,1-2H3. The molecule has 10 heteroatoms. The van der Waals surface area contributed by atoms with Gasteiger partial charge >= 0.3 is 5.97 Å². The number of nitrogens with zero attached hydrogens (tertiary/aromatic N) is 1. The molecule has 0 spiro atoms. The van der Waals surface area contributed by atoms with Crippen LogP contribution >= 0.6 is 15.9 Å². The summed E-state index contributed by atoms with van der Waals surface area (Å²) in [6.45, 7) is 3.39. The van der Waals surface area contributed by atoms with Gasteiger partial charge in [-0.15, -0.1) is 0 Å². The molecule has 0 saturated heterocycles. The summed E-state index contributed by atoms with van der Waals surface area (Å²) in [6.07, 6.45) is 1.46. The van der Waals surface area contributed by atoms with Gasteiger partial charge in [-0.05, 0) is 50.2 Å². The maximum Gasteiger partial charge on any atom is 0.343 e. The van der Waals surface area contributed by atoms with Gasteiger partial charge < -0.3 is 14.3 Å². The Morgan fingerprint density at radius 3 is 2.63 bits per heavy atom. The zero-order chi connectivity index (χ0) is 21.9. The maximum absolute atomic E-state index is 12.4. The lowest BCUT2D eigenvalue weighted by Crippen LogP contribution is -2.22. The van der Waals surface area contributed by atoms with Gasteiger partial charge in [-0.2, -0.15) is 0 Å². The molecule has 0 unspecified atom stereocenters. The third-order valence-corrected chi connectivity index (χ3v) is 6.08. The van der Waals surface area contributed by atoms with E-state index in [0.29, 0.717) is 17.2 Å². The molecule has 0 saturated carbocycles. The summed E-state index contributed by atoms with van der Waals surface area (Å²) in [6, 6.07) is 9.47. The van der Waals surface area contributed by atoms with Gasteiger partial charge in [-0.25, -0.2) is 22.9 Å². The minimum absolute atomic E-state index is 0.0112. The Hall–Kier alpha value is -2.69. The lowest BCUT2D eigenvalue weighted by atomic mass is 10.1. The molecule has 0 amide bonds. The van der Waals surface area contributed by atoms with Crippen LogP contribution in [-0.4, -0.2) is 31.8 Å². The Bertz CT molecular complexity index is 1160. The number of esters is 1. The van der Waals surface area contributed by atoms with Crippen molar-refractivity contribution in [2.24, 2.45) is 4.99 Å². The van der Waals surface area contributed by atoms with Crippen molar-refractivity contribution < 1.29 is 27.5 Å². The first-order valence-electron chi connectivity index (χ1n) is 8.93. The average Bonchev–Trinajstić information content (AvgIpc) is 3.25. The van der Waals surface area contributed by atoms with Crippen LogP contribution in [0.3, 0.4) is 0 Å². The van der Waals surface area contributed by atoms with Crippen LogP contribution in [0.4, 0.5) is 0 Å². The summed E-state index contributed by atoms with van der Waals surface area (Å²) in [5.74, 6) is -0.228. The molecule has 0 bridgehead atoms. The van der Waals surface area contributed by atoms with E-state index in [1.165, 1.54) is 18.2 Å². The Morgan fingerprint density at radius 2 is 1.97 bits per heavy atom. The number of nitrogens with one attached hydrogen (secondary N) is 1. The number of aliphatic hydroxyl groups excluding tert-OH is 1. The minimum Gasteiger partial charge on any atom is -0.505 e. The van der Waals surface area contributed by atoms with Crippen molar-refractivity contribution in [1.29, 1.82) is 0 Å². The summed E-state index contributed by atoms with van der Waals surface area (Å²) in [5.41, 5.74) is 0.510. The van der Waals surface area contributed by atoms with E-state index < -0.39 is 16.0 Å². The van der Waals surface area contributed by atoms with Gasteiger partial charge in [0.25, 0.3) is 0 Å². The SMILES string of the molecule is CCOC(=O)C1=C(O)C(=Cc2ccc(CNS(=O)(=O)c3ccc(Br)cc3)o2)N=C1C. The predicted molar refractivity (Wildman–Crippen MR) is 114 cm³/mol. The molecule has 2 N–H and O–H groups in total. The Labute approximate surface area is 182 Å². The molecule has 3 rings (SSSR count). The van der Waals surface area contributed by atoms with Gasteiger partial charge in [-0.1, -0.05) is 15.9 Å². The molecular weight excluding hydrogens is 476 g/mol. The topological polar surface area (TPSA) is 118 Å². The zero-order valence-electron chi connectivity index (χ0n) is 16.2. The molecule has 1 aromatic carbocycles. The number of rotatable bonds is 7. The number of aliphatic hydroxyl groups is 1. The van der Waals surface area contributed by atoms with Crippen molar-refractivity contribution in [2.75, 3.05) is 6.61 Å². The van der Waals surface area contributed by atoms with Crippen LogP contribution < -0.4 is 4.72 Å². The van der Waals surface area contributed by atoms with Crippen molar-refractivity contribution >= 4 is 43.7 Å². The highest BCUT2D eigenvalue weighted by molar-refractivity contribution is 9.10. The normalized spacial score (nSPS) is 15.6. The zero-order valence-corrected chi connectivity index (χ0v) is 18.6. The lowest BCUT2D eigenvalue weighted by Gasteiger charge is -2.05. The molecule has 30 heavy (non-hydrogen) atoms. The molecule has 2 heterocycles. The number of benzene rings is 1. The van der Waals surface area contributed by atoms with Crippen LogP contribution in [0.15, 0.2) is 72.2 Å². The molecule has 1 aliphatic rings. The summed E-state index contributed by atoms with van der Waals surface area (Å²) in [7, 11) is -3.69. The van der Waals surface area contributed by atoms with E-state index in [1.807, 2.05) is 0 Å². The van der Waals surface area contributed by atoms with Gasteiger partial charge in [0, 0.05) is 10.5 Å². The van der Waals surface area contributed by atoms with Gasteiger partial charge in [-0.3, -0.25) is 0 Å². The highest BCUT2D eigenvalue weighted by Crippen LogP contribution is 2.27. The van der Waals surface area contributed by atoms with E-state index in [9.17, 15) is 18.3 Å². The Kier molecular flexibility index (Phi) is 6.59. The number of carbonyl (C=O) groups is 1. The third kappa shape index (κ3) is 4.89.